The molecular weight excluding hydrogens is 514 g/mol. The van der Waals surface area contributed by atoms with Gasteiger partial charge < -0.3 is 20.3 Å². The molecular formula is C34H43N3O4. The van der Waals surface area contributed by atoms with E-state index in [1.807, 2.05) is 107 Å². The van der Waals surface area contributed by atoms with E-state index in [-0.39, 0.29) is 24.3 Å². The molecule has 0 aliphatic rings. The lowest BCUT2D eigenvalue weighted by atomic mass is 9.98. The smallest absolute Gasteiger partial charge is 0.408 e. The first-order valence-electron chi connectivity index (χ1n) is 14.1. The van der Waals surface area contributed by atoms with Gasteiger partial charge in [-0.3, -0.25) is 9.59 Å². The van der Waals surface area contributed by atoms with Gasteiger partial charge in [0.05, 0.1) is 0 Å². The third-order valence-electron chi connectivity index (χ3n) is 6.73. The van der Waals surface area contributed by atoms with Gasteiger partial charge in [-0.25, -0.2) is 4.79 Å². The number of carbonyl (C=O) groups is 3. The predicted molar refractivity (Wildman–Crippen MR) is 164 cm³/mol. The fourth-order valence-corrected chi connectivity index (χ4v) is 4.75. The normalized spacial score (nSPS) is 12.8. The van der Waals surface area contributed by atoms with E-state index in [1.165, 1.54) is 0 Å². The fourth-order valence-electron chi connectivity index (χ4n) is 4.75. The van der Waals surface area contributed by atoms with Crippen molar-refractivity contribution in [3.8, 4) is 0 Å². The van der Waals surface area contributed by atoms with E-state index in [9.17, 15) is 14.4 Å². The highest BCUT2D eigenvalue weighted by Gasteiger charge is 2.38. The fraction of sp³-hybridized carbons (Fsp3) is 0.382. The monoisotopic (exact) mass is 557 g/mol. The molecule has 0 aliphatic heterocycles. The average molecular weight is 558 g/mol. The topological polar surface area (TPSA) is 87.7 Å². The number of amides is 3. The Morgan fingerprint density at radius 2 is 1.41 bits per heavy atom. The molecule has 0 radical (unpaired) electrons. The molecule has 0 fully saturated rings. The minimum atomic E-state index is -0.962. The summed E-state index contributed by atoms with van der Waals surface area (Å²) >= 11 is 0. The summed E-state index contributed by atoms with van der Waals surface area (Å²) in [6, 6.07) is 20.6. The highest BCUT2D eigenvalue weighted by Crippen LogP contribution is 2.29. The lowest BCUT2D eigenvalue weighted by molar-refractivity contribution is -0.142. The minimum absolute atomic E-state index is 0.237. The SMILES string of the molecule is Cc1ccc(C(C(=O)Nc2c(C)cccc2C)N(C(=O)C(Cc2ccccc2)NC(=O)OC(C)(C)C)C(C)C)cc1. The third-order valence-corrected chi connectivity index (χ3v) is 6.73. The first-order valence-corrected chi connectivity index (χ1v) is 14.1. The zero-order chi connectivity index (χ0) is 30.3. The molecule has 7 heteroatoms. The van der Waals surface area contributed by atoms with E-state index in [0.717, 1.165) is 27.9 Å². The summed E-state index contributed by atoms with van der Waals surface area (Å²) in [5, 5.41) is 5.89. The third kappa shape index (κ3) is 8.68. The van der Waals surface area contributed by atoms with Crippen LogP contribution in [0.25, 0.3) is 0 Å². The van der Waals surface area contributed by atoms with Crippen molar-refractivity contribution >= 4 is 23.6 Å². The quantitative estimate of drug-likeness (QED) is 0.308. The summed E-state index contributed by atoms with van der Waals surface area (Å²) < 4.78 is 5.51. The Kier molecular flexibility index (Phi) is 10.3. The number of ether oxygens (including phenoxy) is 1. The first-order chi connectivity index (χ1) is 19.3. The molecule has 3 aromatic rings. The van der Waals surface area contributed by atoms with Crippen molar-refractivity contribution in [3.63, 3.8) is 0 Å². The zero-order valence-corrected chi connectivity index (χ0v) is 25.4. The van der Waals surface area contributed by atoms with Crippen molar-refractivity contribution in [1.29, 1.82) is 0 Å². The van der Waals surface area contributed by atoms with Gasteiger partial charge in [0.2, 0.25) is 5.91 Å². The van der Waals surface area contributed by atoms with Crippen molar-refractivity contribution in [2.75, 3.05) is 5.32 Å². The molecule has 0 heterocycles. The van der Waals surface area contributed by atoms with E-state index in [2.05, 4.69) is 10.6 Å². The van der Waals surface area contributed by atoms with Crippen molar-refractivity contribution in [2.24, 2.45) is 0 Å². The van der Waals surface area contributed by atoms with Gasteiger partial charge in [-0.15, -0.1) is 0 Å². The lowest BCUT2D eigenvalue weighted by Gasteiger charge is -2.37. The van der Waals surface area contributed by atoms with Crippen LogP contribution in [0.15, 0.2) is 72.8 Å². The van der Waals surface area contributed by atoms with Crippen LogP contribution >= 0.6 is 0 Å². The molecule has 3 rings (SSSR count). The summed E-state index contributed by atoms with van der Waals surface area (Å²) in [6.45, 7) is 14.9. The first kappa shape index (κ1) is 31.4. The summed E-state index contributed by atoms with van der Waals surface area (Å²) in [7, 11) is 0. The number of rotatable bonds is 9. The Bertz CT molecular complexity index is 1320. The predicted octanol–water partition coefficient (Wildman–Crippen LogP) is 6.66. The van der Waals surface area contributed by atoms with Crippen LogP contribution in [0, 0.1) is 20.8 Å². The number of carbonyl (C=O) groups excluding carboxylic acids is 3. The van der Waals surface area contributed by atoms with Gasteiger partial charge in [0.15, 0.2) is 0 Å². The molecule has 0 spiro atoms. The van der Waals surface area contributed by atoms with Crippen LogP contribution in [-0.4, -0.2) is 40.5 Å². The molecule has 0 saturated carbocycles. The second kappa shape index (κ2) is 13.5. The number of para-hydroxylation sites is 1. The molecule has 2 unspecified atom stereocenters. The number of benzene rings is 3. The molecule has 0 saturated heterocycles. The molecule has 3 amide bonds. The molecule has 7 nitrogen and oxygen atoms in total. The van der Waals surface area contributed by atoms with Gasteiger partial charge >= 0.3 is 6.09 Å². The van der Waals surface area contributed by atoms with Gasteiger partial charge in [-0.05, 0) is 77.6 Å². The molecule has 0 bridgehead atoms. The maximum absolute atomic E-state index is 14.4. The molecule has 218 valence electrons. The van der Waals surface area contributed by atoms with E-state index in [1.54, 1.807) is 25.7 Å². The van der Waals surface area contributed by atoms with Gasteiger partial charge in [0.25, 0.3) is 5.91 Å². The van der Waals surface area contributed by atoms with Crippen LogP contribution in [0.1, 0.15) is 68.5 Å². The Morgan fingerprint density at radius 1 is 0.829 bits per heavy atom. The number of hydrogen-bond acceptors (Lipinski definition) is 4. The van der Waals surface area contributed by atoms with Crippen molar-refractivity contribution < 1.29 is 19.1 Å². The number of anilines is 1. The van der Waals surface area contributed by atoms with E-state index < -0.39 is 23.8 Å². The van der Waals surface area contributed by atoms with Gasteiger partial charge in [0, 0.05) is 18.2 Å². The molecule has 2 N–H and O–H groups in total. The highest BCUT2D eigenvalue weighted by atomic mass is 16.6. The summed E-state index contributed by atoms with van der Waals surface area (Å²) in [5.74, 6) is -0.707. The van der Waals surface area contributed by atoms with Crippen LogP contribution in [0.2, 0.25) is 0 Å². The number of hydrogen-bond donors (Lipinski definition) is 2. The van der Waals surface area contributed by atoms with Gasteiger partial charge in [-0.2, -0.15) is 0 Å². The van der Waals surface area contributed by atoms with Crippen LogP contribution < -0.4 is 10.6 Å². The number of alkyl carbamates (subject to hydrolysis) is 1. The maximum atomic E-state index is 14.4. The van der Waals surface area contributed by atoms with Crippen molar-refractivity contribution in [2.45, 2.75) is 85.5 Å². The second-order valence-corrected chi connectivity index (χ2v) is 11.8. The van der Waals surface area contributed by atoms with Crippen molar-refractivity contribution in [1.82, 2.24) is 10.2 Å². The van der Waals surface area contributed by atoms with Crippen LogP contribution in [0.5, 0.6) is 0 Å². The highest BCUT2D eigenvalue weighted by molar-refractivity contribution is 6.00. The largest absolute Gasteiger partial charge is 0.444 e. The Balaban J connectivity index is 2.07. The Morgan fingerprint density at radius 3 is 1.95 bits per heavy atom. The maximum Gasteiger partial charge on any atom is 0.408 e. The molecule has 0 aromatic heterocycles. The molecule has 2 atom stereocenters. The summed E-state index contributed by atoms with van der Waals surface area (Å²) in [6.07, 6.45) is -0.455. The summed E-state index contributed by atoms with van der Waals surface area (Å²) in [4.78, 5) is 43.0. The van der Waals surface area contributed by atoms with Crippen LogP contribution in [0.4, 0.5) is 10.5 Å². The zero-order valence-electron chi connectivity index (χ0n) is 25.4. The number of aryl methyl sites for hydroxylation is 3. The van der Waals surface area contributed by atoms with Gasteiger partial charge in [-0.1, -0.05) is 78.4 Å². The van der Waals surface area contributed by atoms with E-state index in [4.69, 9.17) is 4.74 Å². The number of nitrogens with one attached hydrogen (secondary N) is 2. The van der Waals surface area contributed by atoms with E-state index in [0.29, 0.717) is 5.56 Å². The Hall–Kier alpha value is -4.13. The summed E-state index contributed by atoms with van der Waals surface area (Å²) in [5.41, 5.74) is 4.43. The average Bonchev–Trinajstić information content (AvgIpc) is 2.88. The minimum Gasteiger partial charge on any atom is -0.444 e. The standard InChI is InChI=1S/C34H43N3O4/c1-22(2)37(32(39)28(21-26-15-10-9-11-16-26)35-33(40)41-34(6,7)8)30(27-19-17-23(3)18-20-27)31(38)36-29-24(4)13-12-14-25(29)5/h9-20,22,28,30H,21H2,1-8H3,(H,35,40)(H,36,38). The molecule has 41 heavy (non-hydrogen) atoms. The van der Waals surface area contributed by atoms with Gasteiger partial charge in [0.1, 0.15) is 17.7 Å². The lowest BCUT2D eigenvalue weighted by Crippen LogP contribution is -2.55. The van der Waals surface area contributed by atoms with Crippen molar-refractivity contribution in [3.05, 3.63) is 101 Å². The van der Waals surface area contributed by atoms with Crippen LogP contribution in [0.3, 0.4) is 0 Å². The second-order valence-electron chi connectivity index (χ2n) is 11.8. The number of nitrogens with zero attached hydrogens (tertiary/aromatic N) is 1. The molecule has 3 aromatic carbocycles. The van der Waals surface area contributed by atoms with E-state index >= 15 is 0 Å². The van der Waals surface area contributed by atoms with Crippen LogP contribution in [-0.2, 0) is 20.7 Å². The molecule has 0 aliphatic carbocycles. The Labute approximate surface area is 244 Å².